The van der Waals surface area contributed by atoms with Crippen molar-refractivity contribution in [3.8, 4) is 0 Å². The van der Waals surface area contributed by atoms with Crippen molar-refractivity contribution in [1.29, 1.82) is 0 Å². The molecule has 0 radical (unpaired) electrons. The smallest absolute Gasteiger partial charge is 0.340 e. The molecule has 8 heteroatoms. The van der Waals surface area contributed by atoms with E-state index in [0.717, 1.165) is 14.2 Å². The zero-order valence-corrected chi connectivity index (χ0v) is 17.6. The lowest BCUT2D eigenvalue weighted by Crippen LogP contribution is -2.16. The summed E-state index contributed by atoms with van der Waals surface area (Å²) in [6.45, 7) is -0.0756. The molecule has 0 saturated carbocycles. The van der Waals surface area contributed by atoms with E-state index in [-0.39, 0.29) is 12.2 Å². The summed E-state index contributed by atoms with van der Waals surface area (Å²) >= 11 is 6.35. The highest BCUT2D eigenvalue weighted by molar-refractivity contribution is 9.10. The molecule has 4 aromatic heterocycles. The second-order valence-electron chi connectivity index (χ2n) is 5.79. The lowest BCUT2D eigenvalue weighted by Gasteiger charge is -2.08. The minimum atomic E-state index is -0.450. The maximum atomic E-state index is 12.7. The van der Waals surface area contributed by atoms with E-state index in [1.807, 2.05) is 41.1 Å². The number of rotatable bonds is 5. The van der Waals surface area contributed by atoms with Gasteiger partial charge in [-0.3, -0.25) is 9.20 Å². The van der Waals surface area contributed by atoms with Gasteiger partial charge >= 0.3 is 5.97 Å². The first-order valence-corrected chi connectivity index (χ1v) is 10.8. The van der Waals surface area contributed by atoms with Crippen LogP contribution in [0.1, 0.15) is 15.4 Å². The number of fused-ring (bicyclic) bond motifs is 1. The molecule has 0 aliphatic rings. The fourth-order valence-corrected chi connectivity index (χ4v) is 4.32. The van der Waals surface area contributed by atoms with Crippen LogP contribution in [-0.2, 0) is 16.1 Å². The molecule has 0 amide bonds. The third-order valence-electron chi connectivity index (χ3n) is 3.86. The van der Waals surface area contributed by atoms with Crippen LogP contribution in [0.25, 0.3) is 17.3 Å². The average molecular weight is 473 g/mol. The topological polar surface area (TPSA) is 60.7 Å². The highest BCUT2D eigenvalue weighted by atomic mass is 79.9. The van der Waals surface area contributed by atoms with Gasteiger partial charge < -0.3 is 4.74 Å². The molecule has 4 rings (SSSR count). The Bertz CT molecular complexity index is 1210. The number of hydrogen-bond acceptors (Lipinski definition) is 6. The molecular weight excluding hydrogens is 460 g/mol. The van der Waals surface area contributed by atoms with Gasteiger partial charge in [-0.15, -0.1) is 22.7 Å². The molecule has 0 saturated heterocycles. The summed E-state index contributed by atoms with van der Waals surface area (Å²) in [5.74, 6) is -0.450. The number of esters is 1. The van der Waals surface area contributed by atoms with Crippen molar-refractivity contribution in [2.24, 2.45) is 0 Å². The van der Waals surface area contributed by atoms with Crippen molar-refractivity contribution < 1.29 is 9.53 Å². The van der Waals surface area contributed by atoms with Gasteiger partial charge in [-0.25, -0.2) is 9.78 Å². The Morgan fingerprint density at radius 3 is 2.75 bits per heavy atom. The monoisotopic (exact) mass is 472 g/mol. The molecule has 0 aliphatic carbocycles. The SMILES string of the molecule is O=C(OCc1cc(=O)n2cc(Br)ccc2n1)/C(=C/c1cccs1)c1cccs1. The van der Waals surface area contributed by atoms with Gasteiger partial charge in [-0.1, -0.05) is 12.1 Å². The molecule has 140 valence electrons. The standard InChI is InChI=1S/C20H13BrN2O3S2/c21-13-5-6-18-22-14(9-19(24)23(18)11-13)12-26-20(25)16(17-4-2-8-28-17)10-15-3-1-7-27-15/h1-11H,12H2/b16-10+. The van der Waals surface area contributed by atoms with E-state index in [0.29, 0.717) is 16.9 Å². The van der Waals surface area contributed by atoms with Crippen LogP contribution in [0.2, 0.25) is 0 Å². The highest BCUT2D eigenvalue weighted by Gasteiger charge is 2.16. The maximum Gasteiger partial charge on any atom is 0.340 e. The number of carbonyl (C=O) groups is 1. The van der Waals surface area contributed by atoms with Crippen molar-refractivity contribution in [3.63, 3.8) is 0 Å². The van der Waals surface area contributed by atoms with E-state index in [4.69, 9.17) is 4.74 Å². The van der Waals surface area contributed by atoms with Gasteiger partial charge in [0.05, 0.1) is 11.3 Å². The predicted molar refractivity (Wildman–Crippen MR) is 115 cm³/mol. The maximum absolute atomic E-state index is 12.7. The first-order valence-electron chi connectivity index (χ1n) is 8.24. The molecule has 0 unspecified atom stereocenters. The molecule has 28 heavy (non-hydrogen) atoms. The molecule has 0 spiro atoms. The van der Waals surface area contributed by atoms with Gasteiger partial charge in [0.25, 0.3) is 5.56 Å². The zero-order chi connectivity index (χ0) is 19.5. The zero-order valence-electron chi connectivity index (χ0n) is 14.4. The van der Waals surface area contributed by atoms with Crippen molar-refractivity contribution in [2.75, 3.05) is 0 Å². The number of aromatic nitrogens is 2. The Hall–Kier alpha value is -2.55. The van der Waals surface area contributed by atoms with Crippen LogP contribution in [0.5, 0.6) is 0 Å². The number of halogens is 1. The minimum Gasteiger partial charge on any atom is -0.456 e. The quantitative estimate of drug-likeness (QED) is 0.307. The number of ether oxygens (including phenoxy) is 1. The van der Waals surface area contributed by atoms with Gasteiger partial charge in [-0.2, -0.15) is 0 Å². The van der Waals surface area contributed by atoms with Crippen LogP contribution in [0, 0.1) is 0 Å². The largest absolute Gasteiger partial charge is 0.456 e. The molecule has 0 aliphatic heterocycles. The van der Waals surface area contributed by atoms with Crippen LogP contribution in [-0.4, -0.2) is 15.4 Å². The van der Waals surface area contributed by atoms with Gasteiger partial charge in [0, 0.05) is 26.5 Å². The number of pyridine rings is 1. The van der Waals surface area contributed by atoms with Gasteiger partial charge in [-0.05, 0) is 57.0 Å². The highest BCUT2D eigenvalue weighted by Crippen LogP contribution is 2.26. The van der Waals surface area contributed by atoms with Gasteiger partial charge in [0.2, 0.25) is 0 Å². The van der Waals surface area contributed by atoms with Crippen LogP contribution in [0.3, 0.4) is 0 Å². The molecule has 4 aromatic rings. The normalized spacial score (nSPS) is 11.7. The molecular formula is C20H13BrN2O3S2. The number of hydrogen-bond donors (Lipinski definition) is 0. The van der Waals surface area contributed by atoms with Crippen LogP contribution in [0.4, 0.5) is 0 Å². The second-order valence-corrected chi connectivity index (χ2v) is 8.63. The summed E-state index contributed by atoms with van der Waals surface area (Å²) in [6.07, 6.45) is 3.47. The first kappa shape index (κ1) is 18.8. The van der Waals surface area contributed by atoms with E-state index < -0.39 is 5.97 Å². The third-order valence-corrected chi connectivity index (χ3v) is 6.06. The lowest BCUT2D eigenvalue weighted by atomic mass is 10.2. The van der Waals surface area contributed by atoms with Crippen LogP contribution < -0.4 is 5.56 Å². The Balaban J connectivity index is 1.58. The Morgan fingerprint density at radius 2 is 2.00 bits per heavy atom. The minimum absolute atomic E-state index is 0.0756. The molecule has 0 bridgehead atoms. The van der Waals surface area contributed by atoms with E-state index in [1.165, 1.54) is 21.8 Å². The summed E-state index contributed by atoms with van der Waals surface area (Å²) in [5.41, 5.74) is 1.15. The van der Waals surface area contributed by atoms with Crippen molar-refractivity contribution in [3.05, 3.63) is 89.7 Å². The Labute approximate surface area is 176 Å². The van der Waals surface area contributed by atoms with E-state index in [9.17, 15) is 9.59 Å². The third kappa shape index (κ3) is 4.14. The molecule has 5 nitrogen and oxygen atoms in total. The molecule has 0 aromatic carbocycles. The number of carbonyl (C=O) groups excluding carboxylic acids is 1. The van der Waals surface area contributed by atoms with Gasteiger partial charge in [0.15, 0.2) is 0 Å². The Kier molecular flexibility index (Phi) is 5.52. The molecule has 4 heterocycles. The van der Waals surface area contributed by atoms with Crippen molar-refractivity contribution >= 4 is 61.9 Å². The van der Waals surface area contributed by atoms with Crippen molar-refractivity contribution in [1.82, 2.24) is 9.38 Å². The molecule has 0 atom stereocenters. The average Bonchev–Trinajstić information content (AvgIpc) is 3.38. The summed E-state index contributed by atoms with van der Waals surface area (Å²) in [5, 5.41) is 3.86. The second kappa shape index (κ2) is 8.22. The lowest BCUT2D eigenvalue weighted by molar-refractivity contribution is -0.137. The molecule has 0 fully saturated rings. The summed E-state index contributed by atoms with van der Waals surface area (Å²) in [7, 11) is 0. The summed E-state index contributed by atoms with van der Waals surface area (Å²) in [4.78, 5) is 31.2. The Morgan fingerprint density at radius 1 is 1.18 bits per heavy atom. The van der Waals surface area contributed by atoms with E-state index >= 15 is 0 Å². The van der Waals surface area contributed by atoms with Crippen LogP contribution in [0.15, 0.2) is 68.7 Å². The fourth-order valence-electron chi connectivity index (χ4n) is 2.60. The number of nitrogens with zero attached hydrogens (tertiary/aromatic N) is 2. The van der Waals surface area contributed by atoms with Crippen LogP contribution >= 0.6 is 38.6 Å². The number of thiophene rings is 2. The molecule has 0 N–H and O–H groups in total. The summed E-state index contributed by atoms with van der Waals surface area (Å²) in [6, 6.07) is 12.5. The van der Waals surface area contributed by atoms with E-state index in [2.05, 4.69) is 20.9 Å². The van der Waals surface area contributed by atoms with E-state index in [1.54, 1.807) is 29.7 Å². The van der Waals surface area contributed by atoms with Gasteiger partial charge in [0.1, 0.15) is 12.3 Å². The van der Waals surface area contributed by atoms with Crippen molar-refractivity contribution in [2.45, 2.75) is 6.61 Å². The fraction of sp³-hybridized carbons (Fsp3) is 0.0500. The first-order chi connectivity index (χ1) is 13.6. The predicted octanol–water partition coefficient (Wildman–Crippen LogP) is 4.86. The summed E-state index contributed by atoms with van der Waals surface area (Å²) < 4.78 is 7.69.